The number of aliphatic carboxylic acids is 1. The fourth-order valence-electron chi connectivity index (χ4n) is 2.96. The van der Waals surface area contributed by atoms with Gasteiger partial charge in [0, 0.05) is 29.6 Å². The van der Waals surface area contributed by atoms with Crippen molar-refractivity contribution in [1.82, 2.24) is 5.32 Å². The summed E-state index contributed by atoms with van der Waals surface area (Å²) < 4.78 is 11.8. The molecule has 1 aliphatic heterocycles. The first kappa shape index (κ1) is 17.0. The van der Waals surface area contributed by atoms with Crippen LogP contribution >= 0.6 is 15.9 Å². The van der Waals surface area contributed by atoms with Crippen molar-refractivity contribution in [3.63, 3.8) is 0 Å². The van der Waals surface area contributed by atoms with Crippen LogP contribution in [0, 0.1) is 12.3 Å². The average molecular weight is 396 g/mol. The lowest BCUT2D eigenvalue weighted by molar-refractivity contribution is -0.154. The second-order valence-corrected chi connectivity index (χ2v) is 7.05. The summed E-state index contributed by atoms with van der Waals surface area (Å²) in [6.07, 6.45) is 0.767. The summed E-state index contributed by atoms with van der Waals surface area (Å²) in [6, 6.07) is 5.45. The zero-order valence-corrected chi connectivity index (χ0v) is 14.8. The molecule has 0 bridgehead atoms. The molecule has 0 spiro atoms. The Bertz CT molecular complexity index is 792. The van der Waals surface area contributed by atoms with E-state index in [0.29, 0.717) is 31.6 Å². The number of halogens is 1. The van der Waals surface area contributed by atoms with Crippen LogP contribution in [0.25, 0.3) is 11.0 Å². The minimum absolute atomic E-state index is 0.0598. The smallest absolute Gasteiger partial charge is 0.311 e. The zero-order chi connectivity index (χ0) is 17.3. The predicted octanol–water partition coefficient (Wildman–Crippen LogP) is 3.11. The van der Waals surface area contributed by atoms with E-state index in [1.807, 2.05) is 19.1 Å². The first-order chi connectivity index (χ1) is 11.4. The SMILES string of the molecule is Cc1cc(Br)cc2cc(C(=O)NCC3(C(=O)O)CCOCC3)oc12. The molecule has 0 atom stereocenters. The molecule has 1 fully saturated rings. The van der Waals surface area contributed by atoms with Crippen LogP contribution in [-0.4, -0.2) is 36.7 Å². The highest BCUT2D eigenvalue weighted by Crippen LogP contribution is 2.31. The molecule has 2 N–H and O–H groups in total. The van der Waals surface area contributed by atoms with Gasteiger partial charge in [-0.15, -0.1) is 0 Å². The van der Waals surface area contributed by atoms with Gasteiger partial charge in [0.05, 0.1) is 5.41 Å². The summed E-state index contributed by atoms with van der Waals surface area (Å²) in [5.74, 6) is -1.14. The lowest BCUT2D eigenvalue weighted by Gasteiger charge is -2.32. The average Bonchev–Trinajstić information content (AvgIpc) is 2.97. The topological polar surface area (TPSA) is 88.8 Å². The standard InChI is InChI=1S/C17H18BrNO5/c1-10-6-12(18)7-11-8-13(24-14(10)11)15(20)19-9-17(16(21)22)2-4-23-5-3-17/h6-8H,2-5,9H2,1H3,(H,19,20)(H,21,22). The van der Waals surface area contributed by atoms with E-state index in [4.69, 9.17) is 9.15 Å². The number of nitrogens with one attached hydrogen (secondary N) is 1. The van der Waals surface area contributed by atoms with Gasteiger partial charge in [-0.3, -0.25) is 9.59 Å². The van der Waals surface area contributed by atoms with E-state index in [-0.39, 0.29) is 12.3 Å². The number of hydrogen-bond acceptors (Lipinski definition) is 4. The molecule has 1 saturated heterocycles. The maximum absolute atomic E-state index is 12.4. The largest absolute Gasteiger partial charge is 0.481 e. The molecule has 3 rings (SSSR count). The minimum Gasteiger partial charge on any atom is -0.481 e. The molecule has 1 aromatic carbocycles. The normalized spacial score (nSPS) is 16.9. The van der Waals surface area contributed by atoms with Crippen LogP contribution in [0.2, 0.25) is 0 Å². The molecule has 2 aromatic rings. The molecular formula is C17H18BrNO5. The third-order valence-electron chi connectivity index (χ3n) is 4.48. The number of amides is 1. The van der Waals surface area contributed by atoms with Gasteiger partial charge < -0.3 is 19.6 Å². The van der Waals surface area contributed by atoms with Crippen LogP contribution in [0.5, 0.6) is 0 Å². The summed E-state index contributed by atoms with van der Waals surface area (Å²) in [6.45, 7) is 2.74. The number of carboxylic acid groups (broad SMARTS) is 1. The summed E-state index contributed by atoms with van der Waals surface area (Å²) in [5, 5.41) is 13.0. The van der Waals surface area contributed by atoms with Crippen molar-refractivity contribution in [2.24, 2.45) is 5.41 Å². The predicted molar refractivity (Wildman–Crippen MR) is 91.1 cm³/mol. The fourth-order valence-corrected chi connectivity index (χ4v) is 3.55. The Morgan fingerprint density at radius 3 is 2.67 bits per heavy atom. The molecule has 128 valence electrons. The highest BCUT2D eigenvalue weighted by molar-refractivity contribution is 9.10. The van der Waals surface area contributed by atoms with Crippen molar-refractivity contribution < 1.29 is 23.8 Å². The number of carbonyl (C=O) groups excluding carboxylic acids is 1. The highest BCUT2D eigenvalue weighted by atomic mass is 79.9. The van der Waals surface area contributed by atoms with Crippen LogP contribution in [0.3, 0.4) is 0 Å². The fraction of sp³-hybridized carbons (Fsp3) is 0.412. The number of rotatable bonds is 4. The number of furan rings is 1. The molecule has 0 unspecified atom stereocenters. The van der Waals surface area contributed by atoms with Crippen molar-refractivity contribution in [3.05, 3.63) is 34.0 Å². The van der Waals surface area contributed by atoms with Gasteiger partial charge in [0.25, 0.3) is 5.91 Å². The molecule has 1 amide bonds. The first-order valence-corrected chi connectivity index (χ1v) is 8.50. The van der Waals surface area contributed by atoms with Gasteiger partial charge in [-0.1, -0.05) is 15.9 Å². The van der Waals surface area contributed by atoms with E-state index in [1.165, 1.54) is 0 Å². The van der Waals surface area contributed by atoms with E-state index in [0.717, 1.165) is 15.4 Å². The molecule has 2 heterocycles. The summed E-state index contributed by atoms with van der Waals surface area (Å²) in [5.41, 5.74) is 0.603. The summed E-state index contributed by atoms with van der Waals surface area (Å²) in [4.78, 5) is 24.0. The molecule has 0 radical (unpaired) electrons. The van der Waals surface area contributed by atoms with Crippen molar-refractivity contribution >= 4 is 38.8 Å². The number of aryl methyl sites for hydroxylation is 1. The lowest BCUT2D eigenvalue weighted by atomic mass is 9.80. The number of carboxylic acids is 1. The van der Waals surface area contributed by atoms with E-state index >= 15 is 0 Å². The Morgan fingerprint density at radius 2 is 2.00 bits per heavy atom. The van der Waals surface area contributed by atoms with Crippen LogP contribution in [0.15, 0.2) is 27.1 Å². The number of benzene rings is 1. The molecule has 1 aromatic heterocycles. The van der Waals surface area contributed by atoms with Crippen LogP contribution in [0.4, 0.5) is 0 Å². The van der Waals surface area contributed by atoms with Crippen molar-refractivity contribution in [1.29, 1.82) is 0 Å². The van der Waals surface area contributed by atoms with Crippen LogP contribution in [0.1, 0.15) is 29.0 Å². The number of fused-ring (bicyclic) bond motifs is 1. The second kappa shape index (κ2) is 6.57. The van der Waals surface area contributed by atoms with E-state index < -0.39 is 17.3 Å². The van der Waals surface area contributed by atoms with Gasteiger partial charge in [0.15, 0.2) is 5.76 Å². The molecule has 24 heavy (non-hydrogen) atoms. The third kappa shape index (κ3) is 3.18. The maximum atomic E-state index is 12.4. The lowest BCUT2D eigenvalue weighted by Crippen LogP contribution is -2.46. The Morgan fingerprint density at radius 1 is 1.29 bits per heavy atom. The molecule has 1 aliphatic rings. The van der Waals surface area contributed by atoms with Gasteiger partial charge in [0.2, 0.25) is 0 Å². The Hall–Kier alpha value is -1.86. The van der Waals surface area contributed by atoms with E-state index in [1.54, 1.807) is 6.07 Å². The molecule has 0 aliphatic carbocycles. The van der Waals surface area contributed by atoms with Crippen molar-refractivity contribution in [2.75, 3.05) is 19.8 Å². The molecule has 6 nitrogen and oxygen atoms in total. The quantitative estimate of drug-likeness (QED) is 0.829. The monoisotopic (exact) mass is 395 g/mol. The molecule has 7 heteroatoms. The number of carbonyl (C=O) groups is 2. The number of ether oxygens (including phenoxy) is 1. The van der Waals surface area contributed by atoms with Gasteiger partial charge in [-0.2, -0.15) is 0 Å². The Kier molecular flexibility index (Phi) is 4.64. The maximum Gasteiger partial charge on any atom is 0.311 e. The Balaban J connectivity index is 1.77. The van der Waals surface area contributed by atoms with Gasteiger partial charge in [0.1, 0.15) is 5.58 Å². The van der Waals surface area contributed by atoms with E-state index in [2.05, 4.69) is 21.2 Å². The highest BCUT2D eigenvalue weighted by Gasteiger charge is 2.40. The minimum atomic E-state index is -0.973. The van der Waals surface area contributed by atoms with Crippen LogP contribution < -0.4 is 5.32 Å². The summed E-state index contributed by atoms with van der Waals surface area (Å²) in [7, 11) is 0. The first-order valence-electron chi connectivity index (χ1n) is 7.70. The van der Waals surface area contributed by atoms with Crippen molar-refractivity contribution in [3.8, 4) is 0 Å². The number of hydrogen-bond donors (Lipinski definition) is 2. The van der Waals surface area contributed by atoms with E-state index in [9.17, 15) is 14.7 Å². The van der Waals surface area contributed by atoms with Gasteiger partial charge in [-0.05, 0) is 43.5 Å². The van der Waals surface area contributed by atoms with Gasteiger partial charge in [-0.25, -0.2) is 0 Å². The van der Waals surface area contributed by atoms with Crippen LogP contribution in [-0.2, 0) is 9.53 Å². The van der Waals surface area contributed by atoms with Crippen molar-refractivity contribution in [2.45, 2.75) is 19.8 Å². The zero-order valence-electron chi connectivity index (χ0n) is 13.2. The third-order valence-corrected chi connectivity index (χ3v) is 4.94. The molecular weight excluding hydrogens is 378 g/mol. The second-order valence-electron chi connectivity index (χ2n) is 6.13. The van der Waals surface area contributed by atoms with Gasteiger partial charge >= 0.3 is 5.97 Å². The molecule has 0 saturated carbocycles. The Labute approximate surface area is 147 Å². The summed E-state index contributed by atoms with van der Waals surface area (Å²) >= 11 is 3.42.